The highest BCUT2D eigenvalue weighted by molar-refractivity contribution is 6.04. The van der Waals surface area contributed by atoms with Crippen LogP contribution in [0.15, 0.2) is 41.2 Å². The average Bonchev–Trinajstić information content (AvgIpc) is 2.77. The second kappa shape index (κ2) is 7.96. The number of aromatic nitrogens is 1. The van der Waals surface area contributed by atoms with Gasteiger partial charge < -0.3 is 14.6 Å². The molecule has 5 rings (SSSR count). The molecule has 2 saturated heterocycles. The molecule has 30 heavy (non-hydrogen) atoms. The average molecular weight is 411 g/mol. The van der Waals surface area contributed by atoms with Crippen molar-refractivity contribution in [2.75, 3.05) is 31.6 Å². The molecule has 3 aliphatic rings. The predicted molar refractivity (Wildman–Crippen MR) is 111 cm³/mol. The highest BCUT2D eigenvalue weighted by Gasteiger charge is 2.37. The third kappa shape index (κ3) is 3.68. The molecule has 1 N–H and O–H groups in total. The zero-order valence-corrected chi connectivity index (χ0v) is 16.9. The van der Waals surface area contributed by atoms with Gasteiger partial charge in [0.05, 0.1) is 0 Å². The van der Waals surface area contributed by atoms with Crippen LogP contribution in [-0.2, 0) is 11.3 Å². The van der Waals surface area contributed by atoms with Crippen LogP contribution in [0.25, 0.3) is 0 Å². The van der Waals surface area contributed by atoms with Gasteiger partial charge in [-0.3, -0.25) is 14.5 Å². The van der Waals surface area contributed by atoms with Gasteiger partial charge in [-0.2, -0.15) is 0 Å². The topological polar surface area (TPSA) is 63.6 Å². The van der Waals surface area contributed by atoms with Crippen molar-refractivity contribution in [2.24, 2.45) is 5.92 Å². The summed E-state index contributed by atoms with van der Waals surface area (Å²) in [4.78, 5) is 28.2. The molecule has 158 valence electrons. The van der Waals surface area contributed by atoms with Gasteiger partial charge >= 0.3 is 0 Å². The number of ether oxygens (including phenoxy) is 1. The SMILES string of the molecule is O=C(Nc1ccc2n(c1=O)C[C@H]1C[C@@H]2CN(C2CCOCC2)C1)c1ccc(F)cc1. The lowest BCUT2D eigenvalue weighted by atomic mass is 9.82. The Balaban J connectivity index is 1.36. The number of anilines is 1. The lowest BCUT2D eigenvalue weighted by Crippen LogP contribution is -2.51. The molecule has 1 aromatic carbocycles. The van der Waals surface area contributed by atoms with Gasteiger partial charge in [0.1, 0.15) is 11.5 Å². The summed E-state index contributed by atoms with van der Waals surface area (Å²) >= 11 is 0. The van der Waals surface area contributed by atoms with Gasteiger partial charge in [0.25, 0.3) is 11.5 Å². The maximum Gasteiger partial charge on any atom is 0.274 e. The third-order valence-corrected chi connectivity index (χ3v) is 6.69. The van der Waals surface area contributed by atoms with E-state index in [2.05, 4.69) is 10.2 Å². The van der Waals surface area contributed by atoms with Crippen LogP contribution in [0.3, 0.4) is 0 Å². The van der Waals surface area contributed by atoms with Gasteiger partial charge in [-0.05, 0) is 61.6 Å². The number of hydrogen-bond donors (Lipinski definition) is 1. The first kappa shape index (κ1) is 19.5. The van der Waals surface area contributed by atoms with E-state index in [-0.39, 0.29) is 11.2 Å². The molecular weight excluding hydrogens is 385 g/mol. The van der Waals surface area contributed by atoms with Crippen LogP contribution in [-0.4, -0.2) is 47.7 Å². The number of carbonyl (C=O) groups is 1. The Morgan fingerprint density at radius 2 is 1.80 bits per heavy atom. The fourth-order valence-corrected chi connectivity index (χ4v) is 5.22. The molecule has 6 nitrogen and oxygen atoms in total. The smallest absolute Gasteiger partial charge is 0.274 e. The van der Waals surface area contributed by atoms with Crippen molar-refractivity contribution in [1.82, 2.24) is 9.47 Å². The van der Waals surface area contributed by atoms with Gasteiger partial charge in [0.2, 0.25) is 0 Å². The summed E-state index contributed by atoms with van der Waals surface area (Å²) < 4.78 is 20.5. The molecule has 0 radical (unpaired) electrons. The Hall–Kier alpha value is -2.51. The molecule has 2 aromatic rings. The van der Waals surface area contributed by atoms with E-state index in [9.17, 15) is 14.0 Å². The van der Waals surface area contributed by atoms with Gasteiger partial charge in [-0.1, -0.05) is 0 Å². The Kier molecular flexibility index (Phi) is 5.16. The number of likely N-dealkylation sites (tertiary alicyclic amines) is 1. The van der Waals surface area contributed by atoms with Crippen LogP contribution in [0.2, 0.25) is 0 Å². The molecule has 1 aromatic heterocycles. The van der Waals surface area contributed by atoms with Crippen LogP contribution in [0.1, 0.15) is 41.2 Å². The third-order valence-electron chi connectivity index (χ3n) is 6.69. The van der Waals surface area contributed by atoms with Gasteiger partial charge in [-0.15, -0.1) is 0 Å². The minimum atomic E-state index is -0.408. The summed E-state index contributed by atoms with van der Waals surface area (Å²) in [6, 6.07) is 9.57. The minimum absolute atomic E-state index is 0.155. The van der Waals surface area contributed by atoms with Crippen molar-refractivity contribution >= 4 is 11.6 Å². The molecule has 2 atom stereocenters. The number of halogens is 1. The Morgan fingerprint density at radius 1 is 1.03 bits per heavy atom. The molecule has 2 bridgehead atoms. The van der Waals surface area contributed by atoms with Gasteiger partial charge in [0, 0.05) is 56.1 Å². The molecule has 7 heteroatoms. The minimum Gasteiger partial charge on any atom is -0.381 e. The fraction of sp³-hybridized carbons (Fsp3) is 0.478. The molecule has 4 heterocycles. The number of hydrogen-bond acceptors (Lipinski definition) is 4. The van der Waals surface area contributed by atoms with E-state index in [1.807, 2.05) is 10.6 Å². The molecule has 1 amide bonds. The second-order valence-electron chi connectivity index (χ2n) is 8.64. The first-order valence-electron chi connectivity index (χ1n) is 10.7. The van der Waals surface area contributed by atoms with E-state index in [0.717, 1.165) is 51.3 Å². The molecule has 0 saturated carbocycles. The largest absolute Gasteiger partial charge is 0.381 e. The van der Waals surface area contributed by atoms with Crippen molar-refractivity contribution in [3.8, 4) is 0 Å². The lowest BCUT2D eigenvalue weighted by molar-refractivity contribution is 0.00589. The van der Waals surface area contributed by atoms with E-state index in [0.29, 0.717) is 30.0 Å². The van der Waals surface area contributed by atoms with E-state index in [1.54, 1.807) is 6.07 Å². The number of benzene rings is 1. The summed E-state index contributed by atoms with van der Waals surface area (Å²) in [5.41, 5.74) is 1.50. The maximum atomic E-state index is 13.1. The van der Waals surface area contributed by atoms with Crippen LogP contribution in [0.4, 0.5) is 10.1 Å². The van der Waals surface area contributed by atoms with Crippen molar-refractivity contribution in [3.63, 3.8) is 0 Å². The van der Waals surface area contributed by atoms with E-state index in [4.69, 9.17) is 4.74 Å². The standard InChI is InChI=1S/C23H26FN3O3/c24-18-3-1-16(2-4-18)22(28)25-20-5-6-21-17-11-15(13-27(21)23(20)29)12-26(14-17)19-7-9-30-10-8-19/h1-6,15,17,19H,7-14H2,(H,25,28)/t15-,17+/m0/s1. The summed E-state index contributed by atoms with van der Waals surface area (Å²) in [6.45, 7) is 4.35. The first-order valence-corrected chi connectivity index (χ1v) is 10.7. The highest BCUT2D eigenvalue weighted by Crippen LogP contribution is 2.37. The molecular formula is C23H26FN3O3. The van der Waals surface area contributed by atoms with E-state index < -0.39 is 11.7 Å². The summed E-state index contributed by atoms with van der Waals surface area (Å²) in [5, 5.41) is 2.70. The number of pyridine rings is 1. The van der Waals surface area contributed by atoms with Crippen molar-refractivity contribution < 1.29 is 13.9 Å². The zero-order chi connectivity index (χ0) is 20.7. The second-order valence-corrected chi connectivity index (χ2v) is 8.64. The summed E-state index contributed by atoms with van der Waals surface area (Å²) in [6.07, 6.45) is 3.28. The number of piperidine rings is 1. The van der Waals surface area contributed by atoms with Gasteiger partial charge in [0.15, 0.2) is 0 Å². The number of carbonyl (C=O) groups excluding carboxylic acids is 1. The number of amides is 1. The normalized spacial score (nSPS) is 24.3. The number of nitrogens with zero attached hydrogens (tertiary/aromatic N) is 2. The zero-order valence-electron chi connectivity index (χ0n) is 16.9. The molecule has 3 aliphatic heterocycles. The number of fused-ring (bicyclic) bond motifs is 4. The van der Waals surface area contributed by atoms with Crippen LogP contribution in [0, 0.1) is 11.7 Å². The number of rotatable bonds is 3. The predicted octanol–water partition coefficient (Wildman–Crippen LogP) is 2.84. The number of nitrogens with one attached hydrogen (secondary N) is 1. The van der Waals surface area contributed by atoms with Crippen molar-refractivity contribution in [3.05, 3.63) is 63.8 Å². The summed E-state index contributed by atoms with van der Waals surface area (Å²) in [5.74, 6) is -0.0224. The van der Waals surface area contributed by atoms with Crippen molar-refractivity contribution in [1.29, 1.82) is 0 Å². The maximum absolute atomic E-state index is 13.1. The molecule has 0 aliphatic carbocycles. The van der Waals surface area contributed by atoms with E-state index in [1.165, 1.54) is 24.3 Å². The quantitative estimate of drug-likeness (QED) is 0.844. The Morgan fingerprint density at radius 3 is 2.57 bits per heavy atom. The van der Waals surface area contributed by atoms with Crippen LogP contribution < -0.4 is 10.9 Å². The fourth-order valence-electron chi connectivity index (χ4n) is 5.22. The van der Waals surface area contributed by atoms with Gasteiger partial charge in [-0.25, -0.2) is 4.39 Å². The Bertz CT molecular complexity index is 998. The van der Waals surface area contributed by atoms with Crippen LogP contribution in [0.5, 0.6) is 0 Å². The Labute approximate surface area is 174 Å². The highest BCUT2D eigenvalue weighted by atomic mass is 19.1. The molecule has 0 spiro atoms. The van der Waals surface area contributed by atoms with E-state index >= 15 is 0 Å². The summed E-state index contributed by atoms with van der Waals surface area (Å²) in [7, 11) is 0. The molecule has 0 unspecified atom stereocenters. The van der Waals surface area contributed by atoms with Crippen LogP contribution >= 0.6 is 0 Å². The molecule has 2 fully saturated rings. The van der Waals surface area contributed by atoms with Crippen molar-refractivity contribution in [2.45, 2.75) is 37.8 Å². The first-order chi connectivity index (χ1) is 14.6. The lowest BCUT2D eigenvalue weighted by Gasteiger charge is -2.46. The monoisotopic (exact) mass is 411 g/mol.